The van der Waals surface area contributed by atoms with Crippen LogP contribution in [0.3, 0.4) is 0 Å². The topological polar surface area (TPSA) is 76.5 Å². The Labute approximate surface area is 159 Å². The Morgan fingerprint density at radius 3 is 2.96 bits per heavy atom. The maximum absolute atomic E-state index is 13.4. The van der Waals surface area contributed by atoms with Gasteiger partial charge in [0, 0.05) is 23.7 Å². The van der Waals surface area contributed by atoms with Crippen LogP contribution in [0.4, 0.5) is 15.9 Å². The number of phenolic OH excluding ortho intramolecular Hbond substituents is 1. The summed E-state index contributed by atoms with van der Waals surface area (Å²) in [7, 11) is 0. The average molecular weight is 390 g/mol. The van der Waals surface area contributed by atoms with Crippen LogP contribution in [-0.2, 0) is 4.74 Å². The van der Waals surface area contributed by atoms with E-state index in [4.69, 9.17) is 21.1 Å². The third-order valence-electron chi connectivity index (χ3n) is 4.35. The second-order valence-corrected chi connectivity index (χ2v) is 6.67. The number of aromatic nitrogens is 2. The van der Waals surface area contributed by atoms with Gasteiger partial charge in [0.15, 0.2) is 11.5 Å². The van der Waals surface area contributed by atoms with Gasteiger partial charge in [-0.05, 0) is 37.1 Å². The van der Waals surface area contributed by atoms with Crippen molar-refractivity contribution in [3.8, 4) is 11.5 Å². The number of halogens is 2. The summed E-state index contributed by atoms with van der Waals surface area (Å²) in [5.74, 6) is 0.317. The van der Waals surface area contributed by atoms with E-state index in [2.05, 4.69) is 15.3 Å². The number of fused-ring (bicyclic) bond motifs is 1. The Kier molecular flexibility index (Phi) is 4.96. The lowest BCUT2D eigenvalue weighted by molar-refractivity contribution is 0.0671. The van der Waals surface area contributed by atoms with E-state index in [1.807, 2.05) is 0 Å². The van der Waals surface area contributed by atoms with Crippen molar-refractivity contribution in [3.63, 3.8) is 0 Å². The Bertz CT molecular complexity index is 980. The van der Waals surface area contributed by atoms with Gasteiger partial charge in [-0.1, -0.05) is 11.6 Å². The molecule has 0 aliphatic carbocycles. The number of phenols is 1. The van der Waals surface area contributed by atoms with Gasteiger partial charge in [-0.15, -0.1) is 0 Å². The average Bonchev–Trinajstić information content (AvgIpc) is 3.17. The zero-order valence-corrected chi connectivity index (χ0v) is 15.0. The van der Waals surface area contributed by atoms with Gasteiger partial charge in [0.05, 0.1) is 16.6 Å². The zero-order chi connectivity index (χ0) is 18.8. The van der Waals surface area contributed by atoms with Crippen molar-refractivity contribution in [1.29, 1.82) is 0 Å². The molecule has 0 amide bonds. The van der Waals surface area contributed by atoms with E-state index in [0.717, 1.165) is 19.4 Å². The van der Waals surface area contributed by atoms with Crippen molar-refractivity contribution >= 4 is 34.0 Å². The second-order valence-electron chi connectivity index (χ2n) is 6.26. The van der Waals surface area contributed by atoms with Crippen molar-refractivity contribution in [2.75, 3.05) is 18.5 Å². The molecule has 0 bridgehead atoms. The molecule has 0 radical (unpaired) electrons. The first kappa shape index (κ1) is 17.8. The second kappa shape index (κ2) is 7.54. The molecule has 0 saturated carbocycles. The van der Waals surface area contributed by atoms with Crippen LogP contribution in [0.15, 0.2) is 36.7 Å². The van der Waals surface area contributed by atoms with E-state index in [-0.39, 0.29) is 16.9 Å². The highest BCUT2D eigenvalue weighted by Crippen LogP contribution is 2.34. The van der Waals surface area contributed by atoms with Gasteiger partial charge >= 0.3 is 0 Å². The highest BCUT2D eigenvalue weighted by molar-refractivity contribution is 6.31. The minimum absolute atomic E-state index is 0.00465. The maximum atomic E-state index is 13.4. The summed E-state index contributed by atoms with van der Waals surface area (Å²) in [6, 6.07) is 7.50. The number of nitrogens with zero attached hydrogens (tertiary/aromatic N) is 2. The first-order chi connectivity index (χ1) is 13.1. The van der Waals surface area contributed by atoms with Gasteiger partial charge in [0.25, 0.3) is 0 Å². The number of nitrogens with one attached hydrogen (secondary N) is 1. The van der Waals surface area contributed by atoms with Crippen molar-refractivity contribution in [2.45, 2.75) is 18.9 Å². The molecule has 1 aromatic heterocycles. The molecule has 2 aromatic carbocycles. The molecule has 1 aliphatic heterocycles. The zero-order valence-electron chi connectivity index (χ0n) is 14.3. The third kappa shape index (κ3) is 3.89. The number of rotatable bonds is 5. The van der Waals surface area contributed by atoms with Crippen LogP contribution >= 0.6 is 11.6 Å². The van der Waals surface area contributed by atoms with Crippen molar-refractivity contribution in [2.24, 2.45) is 0 Å². The van der Waals surface area contributed by atoms with Crippen LogP contribution in [0.25, 0.3) is 10.9 Å². The summed E-state index contributed by atoms with van der Waals surface area (Å²) < 4.78 is 24.6. The molecular formula is C19H17ClFN3O3. The Balaban J connectivity index is 1.63. The van der Waals surface area contributed by atoms with Crippen molar-refractivity contribution in [3.05, 3.63) is 47.5 Å². The first-order valence-corrected chi connectivity index (χ1v) is 8.92. The van der Waals surface area contributed by atoms with Crippen molar-refractivity contribution < 1.29 is 19.0 Å². The minimum atomic E-state index is -0.496. The standard InChI is InChI=1S/C19H17ClFN3O3/c20-14-6-11(3-4-15(14)21)24-19-13-7-18(27-9-12-2-1-5-26-12)17(25)8-16(13)22-10-23-19/h3-4,6-8,10,12,25H,1-2,5,9H2,(H,22,23,24). The lowest BCUT2D eigenvalue weighted by Gasteiger charge is -2.14. The van der Waals surface area contributed by atoms with Crippen LogP contribution < -0.4 is 10.1 Å². The number of hydrogen-bond donors (Lipinski definition) is 2. The summed E-state index contributed by atoms with van der Waals surface area (Å²) in [5, 5.41) is 14.0. The molecule has 2 N–H and O–H groups in total. The fraction of sp³-hybridized carbons (Fsp3) is 0.263. The Morgan fingerprint density at radius 2 is 2.19 bits per heavy atom. The fourth-order valence-electron chi connectivity index (χ4n) is 2.96. The molecule has 4 rings (SSSR count). The first-order valence-electron chi connectivity index (χ1n) is 8.54. The normalized spacial score (nSPS) is 16.6. The van der Waals surface area contributed by atoms with Crippen LogP contribution in [-0.4, -0.2) is 34.4 Å². The van der Waals surface area contributed by atoms with Crippen LogP contribution in [0.1, 0.15) is 12.8 Å². The van der Waals surface area contributed by atoms with Crippen molar-refractivity contribution in [1.82, 2.24) is 9.97 Å². The van der Waals surface area contributed by atoms with Gasteiger partial charge in [0.1, 0.15) is 24.6 Å². The highest BCUT2D eigenvalue weighted by atomic mass is 35.5. The fourth-order valence-corrected chi connectivity index (χ4v) is 3.14. The lowest BCUT2D eigenvalue weighted by atomic mass is 10.2. The molecule has 8 heteroatoms. The molecule has 2 heterocycles. The Hall–Kier alpha value is -2.64. The van der Waals surface area contributed by atoms with Gasteiger partial charge in [-0.25, -0.2) is 14.4 Å². The molecule has 140 valence electrons. The predicted octanol–water partition coefficient (Wildman–Crippen LogP) is 4.43. The summed E-state index contributed by atoms with van der Waals surface area (Å²) in [6.45, 7) is 1.10. The quantitative estimate of drug-likeness (QED) is 0.672. The van der Waals surface area contributed by atoms with E-state index >= 15 is 0 Å². The number of anilines is 2. The van der Waals surface area contributed by atoms with Gasteiger partial charge in [-0.3, -0.25) is 0 Å². The summed E-state index contributed by atoms with van der Waals surface area (Å²) in [4.78, 5) is 8.42. The number of benzene rings is 2. The van der Waals surface area contributed by atoms with Crippen LogP contribution in [0, 0.1) is 5.82 Å². The monoisotopic (exact) mass is 389 g/mol. The predicted molar refractivity (Wildman–Crippen MR) is 100 cm³/mol. The molecular weight excluding hydrogens is 373 g/mol. The highest BCUT2D eigenvalue weighted by Gasteiger charge is 2.18. The smallest absolute Gasteiger partial charge is 0.161 e. The minimum Gasteiger partial charge on any atom is -0.504 e. The number of aromatic hydroxyl groups is 1. The molecule has 0 spiro atoms. The lowest BCUT2D eigenvalue weighted by Crippen LogP contribution is -2.16. The van der Waals surface area contributed by atoms with E-state index in [0.29, 0.717) is 34.8 Å². The van der Waals surface area contributed by atoms with Gasteiger partial charge in [0.2, 0.25) is 0 Å². The number of hydrogen-bond acceptors (Lipinski definition) is 6. The van der Waals surface area contributed by atoms with Crippen LogP contribution in [0.5, 0.6) is 11.5 Å². The number of ether oxygens (including phenoxy) is 2. The molecule has 1 atom stereocenters. The molecule has 1 fully saturated rings. The molecule has 1 unspecified atom stereocenters. The molecule has 1 aliphatic rings. The van der Waals surface area contributed by atoms with E-state index in [9.17, 15) is 9.50 Å². The summed E-state index contributed by atoms with van der Waals surface area (Å²) in [6.07, 6.45) is 3.36. The molecule has 3 aromatic rings. The van der Waals surface area contributed by atoms with E-state index < -0.39 is 5.82 Å². The largest absolute Gasteiger partial charge is 0.504 e. The van der Waals surface area contributed by atoms with Gasteiger partial charge < -0.3 is 19.9 Å². The Morgan fingerprint density at radius 1 is 1.30 bits per heavy atom. The summed E-state index contributed by atoms with van der Waals surface area (Å²) in [5.41, 5.74) is 1.12. The molecule has 27 heavy (non-hydrogen) atoms. The maximum Gasteiger partial charge on any atom is 0.161 e. The summed E-state index contributed by atoms with van der Waals surface area (Å²) >= 11 is 5.84. The van der Waals surface area contributed by atoms with E-state index in [1.165, 1.54) is 24.5 Å². The van der Waals surface area contributed by atoms with Gasteiger partial charge in [-0.2, -0.15) is 0 Å². The SMILES string of the molecule is Oc1cc2ncnc(Nc3ccc(F)c(Cl)c3)c2cc1OCC1CCCO1. The molecule has 1 saturated heterocycles. The third-order valence-corrected chi connectivity index (χ3v) is 4.64. The molecule has 6 nitrogen and oxygen atoms in total. The van der Waals surface area contributed by atoms with Crippen LogP contribution in [0.2, 0.25) is 5.02 Å². The van der Waals surface area contributed by atoms with E-state index in [1.54, 1.807) is 12.1 Å².